The maximum Gasteiger partial charge on any atom is 0.436 e. The van der Waals surface area contributed by atoms with Crippen LogP contribution < -0.4 is 4.74 Å². The number of ether oxygens (including phenoxy) is 1. The summed E-state index contributed by atoms with van der Waals surface area (Å²) >= 11 is 8.90. The van der Waals surface area contributed by atoms with Crippen molar-refractivity contribution in [3.63, 3.8) is 0 Å². The molecule has 0 saturated carbocycles. The lowest BCUT2D eigenvalue weighted by molar-refractivity contribution is -0.140. The van der Waals surface area contributed by atoms with E-state index in [0.29, 0.717) is 0 Å². The molecular weight excluding hydrogens is 415 g/mol. The molecule has 2 aromatic heterocycles. The number of hydrogen-bond acceptors (Lipinski definition) is 3. The molecule has 0 aromatic carbocycles. The minimum Gasteiger partial charge on any atom is -0.406 e. The standard InChI is InChI=1S/C14H14BrClF3N3O2/c1-13(2,3)21(4)12(23)24-7-5-6-8(15)22-10(16)9(14(17,18)19)20-11(7)22/h5-6H,1-4H3. The van der Waals surface area contributed by atoms with Gasteiger partial charge in [0.2, 0.25) is 0 Å². The third kappa shape index (κ3) is 3.46. The number of fused-ring (bicyclic) bond motifs is 1. The van der Waals surface area contributed by atoms with E-state index in [1.807, 2.05) is 0 Å². The highest BCUT2D eigenvalue weighted by atomic mass is 79.9. The van der Waals surface area contributed by atoms with Crippen molar-refractivity contribution >= 4 is 39.3 Å². The number of rotatable bonds is 1. The van der Waals surface area contributed by atoms with Crippen LogP contribution in [0.5, 0.6) is 5.75 Å². The average Bonchev–Trinajstić information content (AvgIpc) is 2.79. The van der Waals surface area contributed by atoms with Gasteiger partial charge in [0.25, 0.3) is 0 Å². The number of imidazole rings is 1. The van der Waals surface area contributed by atoms with Gasteiger partial charge in [-0.15, -0.1) is 0 Å². The van der Waals surface area contributed by atoms with Crippen molar-refractivity contribution in [2.45, 2.75) is 32.5 Å². The van der Waals surface area contributed by atoms with Gasteiger partial charge in [-0.05, 0) is 48.8 Å². The molecule has 0 spiro atoms. The van der Waals surface area contributed by atoms with Gasteiger partial charge in [0.1, 0.15) is 5.15 Å². The van der Waals surface area contributed by atoms with Crippen LogP contribution in [0.25, 0.3) is 5.65 Å². The topological polar surface area (TPSA) is 46.8 Å². The summed E-state index contributed by atoms with van der Waals surface area (Å²) < 4.78 is 45.5. The smallest absolute Gasteiger partial charge is 0.406 e. The lowest BCUT2D eigenvalue weighted by Crippen LogP contribution is -2.44. The van der Waals surface area contributed by atoms with Crippen molar-refractivity contribution in [3.05, 3.63) is 27.6 Å². The van der Waals surface area contributed by atoms with E-state index in [0.717, 1.165) is 4.40 Å². The van der Waals surface area contributed by atoms with E-state index in [1.165, 1.54) is 24.1 Å². The predicted molar refractivity (Wildman–Crippen MR) is 86.4 cm³/mol. The van der Waals surface area contributed by atoms with Gasteiger partial charge in [-0.2, -0.15) is 13.2 Å². The first-order valence-electron chi connectivity index (χ1n) is 6.73. The van der Waals surface area contributed by atoms with Crippen LogP contribution in [0.1, 0.15) is 26.5 Å². The number of pyridine rings is 1. The van der Waals surface area contributed by atoms with E-state index in [4.69, 9.17) is 16.3 Å². The number of nitrogens with zero attached hydrogens (tertiary/aromatic N) is 3. The van der Waals surface area contributed by atoms with Gasteiger partial charge in [0.05, 0.1) is 4.60 Å². The largest absolute Gasteiger partial charge is 0.436 e. The molecule has 0 N–H and O–H groups in total. The van der Waals surface area contributed by atoms with Crippen molar-refractivity contribution in [3.8, 4) is 5.75 Å². The number of aromatic nitrogens is 2. The lowest BCUT2D eigenvalue weighted by atomic mass is 10.1. The quantitative estimate of drug-likeness (QED) is 0.601. The van der Waals surface area contributed by atoms with E-state index in [1.54, 1.807) is 20.8 Å². The van der Waals surface area contributed by atoms with Gasteiger partial charge in [-0.1, -0.05) is 11.6 Å². The molecule has 1 amide bonds. The Morgan fingerprint density at radius 3 is 2.42 bits per heavy atom. The molecule has 132 valence electrons. The average molecular weight is 429 g/mol. The summed E-state index contributed by atoms with van der Waals surface area (Å²) in [5, 5.41) is -0.619. The fourth-order valence-electron chi connectivity index (χ4n) is 1.75. The van der Waals surface area contributed by atoms with Gasteiger partial charge in [-0.25, -0.2) is 9.78 Å². The fourth-order valence-corrected chi connectivity index (χ4v) is 2.65. The first kappa shape index (κ1) is 18.9. The Morgan fingerprint density at radius 2 is 1.92 bits per heavy atom. The molecule has 0 saturated heterocycles. The number of amides is 1. The first-order valence-corrected chi connectivity index (χ1v) is 7.90. The lowest BCUT2D eigenvalue weighted by Gasteiger charge is -2.30. The molecule has 10 heteroatoms. The second-order valence-electron chi connectivity index (χ2n) is 6.03. The maximum absolute atomic E-state index is 13.0. The summed E-state index contributed by atoms with van der Waals surface area (Å²) in [6.07, 6.45) is -5.45. The minimum absolute atomic E-state index is 0.128. The molecule has 0 atom stereocenters. The van der Waals surface area contributed by atoms with Gasteiger partial charge >= 0.3 is 12.3 Å². The molecule has 0 radical (unpaired) electrons. The summed E-state index contributed by atoms with van der Waals surface area (Å²) in [7, 11) is 1.53. The molecule has 2 aromatic rings. The number of alkyl halides is 3. The first-order chi connectivity index (χ1) is 10.8. The monoisotopic (exact) mass is 427 g/mol. The third-order valence-electron chi connectivity index (χ3n) is 3.37. The van der Waals surface area contributed by atoms with Crippen LogP contribution in [0.2, 0.25) is 5.15 Å². The van der Waals surface area contributed by atoms with Crippen molar-refractivity contribution in [2.24, 2.45) is 0 Å². The molecule has 0 fully saturated rings. The second-order valence-corrected chi connectivity index (χ2v) is 7.20. The molecule has 0 unspecified atom stereocenters. The second kappa shape index (κ2) is 6.11. The molecule has 0 aliphatic heterocycles. The van der Waals surface area contributed by atoms with Crippen molar-refractivity contribution in [1.29, 1.82) is 0 Å². The molecule has 5 nitrogen and oxygen atoms in total. The summed E-state index contributed by atoms with van der Waals surface area (Å²) in [5.74, 6) is -0.128. The molecule has 2 heterocycles. The Kier molecular flexibility index (Phi) is 4.80. The molecule has 2 rings (SSSR count). The number of carbonyl (C=O) groups excluding carboxylic acids is 1. The van der Waals surface area contributed by atoms with Crippen LogP contribution in [0.4, 0.5) is 18.0 Å². The zero-order valence-corrected chi connectivity index (χ0v) is 15.5. The Balaban J connectivity index is 2.53. The molecule has 0 aliphatic rings. The van der Waals surface area contributed by atoms with Crippen LogP contribution in [-0.2, 0) is 6.18 Å². The highest BCUT2D eigenvalue weighted by molar-refractivity contribution is 9.10. The molecule has 0 aliphatic carbocycles. The zero-order valence-electron chi connectivity index (χ0n) is 13.2. The summed E-state index contributed by atoms with van der Waals surface area (Å²) in [6, 6.07) is 2.76. The summed E-state index contributed by atoms with van der Waals surface area (Å²) in [4.78, 5) is 17.0. The zero-order chi connectivity index (χ0) is 18.4. The van der Waals surface area contributed by atoms with Crippen molar-refractivity contribution in [1.82, 2.24) is 14.3 Å². The van der Waals surface area contributed by atoms with Crippen LogP contribution in [0.15, 0.2) is 16.7 Å². The van der Waals surface area contributed by atoms with Gasteiger partial charge < -0.3 is 9.64 Å². The van der Waals surface area contributed by atoms with Gasteiger partial charge in [-0.3, -0.25) is 4.40 Å². The third-order valence-corrected chi connectivity index (χ3v) is 4.34. The fraction of sp³-hybridized carbons (Fsp3) is 0.429. The van der Waals surface area contributed by atoms with Crippen LogP contribution >= 0.6 is 27.5 Å². The highest BCUT2D eigenvalue weighted by Crippen LogP contribution is 2.38. The number of halogens is 5. The SMILES string of the molecule is CN(C(=O)Oc1ccc(Br)n2c(Cl)c(C(F)(F)F)nc12)C(C)(C)C. The predicted octanol–water partition coefficient (Wildman–Crippen LogP) is 5.00. The highest BCUT2D eigenvalue weighted by Gasteiger charge is 2.38. The van der Waals surface area contributed by atoms with Crippen molar-refractivity contribution in [2.75, 3.05) is 7.05 Å². The van der Waals surface area contributed by atoms with Crippen LogP contribution in [-0.4, -0.2) is 33.0 Å². The van der Waals surface area contributed by atoms with Crippen LogP contribution in [0.3, 0.4) is 0 Å². The van der Waals surface area contributed by atoms with E-state index in [9.17, 15) is 18.0 Å². The Morgan fingerprint density at radius 1 is 1.33 bits per heavy atom. The van der Waals surface area contributed by atoms with E-state index >= 15 is 0 Å². The van der Waals surface area contributed by atoms with E-state index in [2.05, 4.69) is 20.9 Å². The number of carbonyl (C=O) groups is 1. The molecule has 0 bridgehead atoms. The molecule has 24 heavy (non-hydrogen) atoms. The van der Waals surface area contributed by atoms with E-state index in [-0.39, 0.29) is 16.0 Å². The van der Waals surface area contributed by atoms with E-state index < -0.39 is 28.7 Å². The molecular formula is C14H14BrClF3N3O2. The van der Waals surface area contributed by atoms with Gasteiger partial charge in [0.15, 0.2) is 17.1 Å². The van der Waals surface area contributed by atoms with Gasteiger partial charge in [0, 0.05) is 12.6 Å². The Bertz CT molecular complexity index is 799. The normalized spacial score (nSPS) is 12.5. The summed E-state index contributed by atoms with van der Waals surface area (Å²) in [6.45, 7) is 5.37. The van der Waals surface area contributed by atoms with Crippen molar-refractivity contribution < 1.29 is 22.7 Å². The maximum atomic E-state index is 13.0. The Hall–Kier alpha value is -1.48. The summed E-state index contributed by atoms with van der Waals surface area (Å²) in [5.41, 5.74) is -1.98. The van der Waals surface area contributed by atoms with Crippen LogP contribution in [0, 0.1) is 0 Å². The number of hydrogen-bond donors (Lipinski definition) is 0. The minimum atomic E-state index is -4.73. The Labute approximate surface area is 149 Å².